The van der Waals surface area contributed by atoms with Crippen LogP contribution >= 0.6 is 0 Å². The highest BCUT2D eigenvalue weighted by Gasteiger charge is 2.20. The maximum Gasteiger partial charge on any atom is 0.230 e. The van der Waals surface area contributed by atoms with Gasteiger partial charge in [-0.1, -0.05) is 72.8 Å². The molecule has 0 aliphatic rings. The molecule has 3 aromatic carbocycles. The van der Waals surface area contributed by atoms with Crippen molar-refractivity contribution in [3.63, 3.8) is 0 Å². The summed E-state index contributed by atoms with van der Waals surface area (Å²) in [6.45, 7) is 6.28. The Kier molecular flexibility index (Phi) is 8.99. The number of aromatic amines is 1. The number of hydrogen-bond donors (Lipinski definition) is 2. The molecule has 0 saturated carbocycles. The number of benzene rings is 3. The van der Waals surface area contributed by atoms with Gasteiger partial charge in [0.15, 0.2) is 17.0 Å². The van der Waals surface area contributed by atoms with Gasteiger partial charge in [0.1, 0.15) is 24.5 Å². The Hall–Kier alpha value is -6.10. The van der Waals surface area contributed by atoms with E-state index in [1.165, 1.54) is 6.33 Å². The van der Waals surface area contributed by atoms with E-state index in [2.05, 4.69) is 97.3 Å². The van der Waals surface area contributed by atoms with Crippen molar-refractivity contribution in [2.45, 2.75) is 46.1 Å². The van der Waals surface area contributed by atoms with Gasteiger partial charge in [0, 0.05) is 30.9 Å². The summed E-state index contributed by atoms with van der Waals surface area (Å²) in [4.78, 5) is 25.8. The zero-order valence-corrected chi connectivity index (χ0v) is 26.9. The molecule has 0 radical (unpaired) electrons. The molecule has 0 bridgehead atoms. The van der Waals surface area contributed by atoms with Crippen LogP contribution in [-0.2, 0) is 26.2 Å². The molecule has 0 fully saturated rings. The van der Waals surface area contributed by atoms with E-state index >= 15 is 0 Å². The molecule has 0 amide bonds. The minimum Gasteiger partial charge on any atom is -0.489 e. The Morgan fingerprint density at radius 1 is 0.792 bits per heavy atom. The first kappa shape index (κ1) is 30.5. The minimum atomic E-state index is 0.163. The first-order valence-electron chi connectivity index (χ1n) is 15.9. The summed E-state index contributed by atoms with van der Waals surface area (Å²) in [6.07, 6.45) is 5.15. The molecular weight excluding hydrogens is 600 g/mol. The highest BCUT2D eigenvalue weighted by molar-refractivity contribution is 5.84. The molecule has 4 heterocycles. The largest absolute Gasteiger partial charge is 0.489 e. The van der Waals surface area contributed by atoms with Crippen molar-refractivity contribution in [2.24, 2.45) is 0 Å². The van der Waals surface area contributed by atoms with Gasteiger partial charge in [0.25, 0.3) is 0 Å². The van der Waals surface area contributed by atoms with Gasteiger partial charge in [-0.05, 0) is 54.8 Å². The number of H-pyrrole nitrogens is 1. The zero-order valence-electron chi connectivity index (χ0n) is 26.9. The number of nitrogens with zero attached hydrogens (tertiary/aromatic N) is 8. The van der Waals surface area contributed by atoms with Crippen molar-refractivity contribution in [3.8, 4) is 17.0 Å². The standard InChI is InChI=1S/C37H36N10O/c1-26(2)47-25-41-34-35(39-20-27-11-15-30(16-12-27)32-10-6-7-19-38-32)43-37(44-36(34)47)46(22-33-40-24-42-45-33)21-28-13-17-31(18-14-28)48-23-29-8-4-3-5-9-29/h3-19,24-26H,20-23H2,1-2H3,(H,39,43,44)(H,40,42,45). The van der Waals surface area contributed by atoms with Crippen molar-refractivity contribution in [1.29, 1.82) is 0 Å². The van der Waals surface area contributed by atoms with Crippen LogP contribution in [0.5, 0.6) is 5.75 Å². The van der Waals surface area contributed by atoms with E-state index in [0.717, 1.165) is 44.9 Å². The van der Waals surface area contributed by atoms with Gasteiger partial charge >= 0.3 is 0 Å². The molecule has 0 saturated heterocycles. The summed E-state index contributed by atoms with van der Waals surface area (Å²) >= 11 is 0. The molecule has 0 aliphatic carbocycles. The lowest BCUT2D eigenvalue weighted by atomic mass is 10.1. The van der Waals surface area contributed by atoms with Gasteiger partial charge < -0.3 is 19.5 Å². The van der Waals surface area contributed by atoms with Crippen molar-refractivity contribution < 1.29 is 4.74 Å². The van der Waals surface area contributed by atoms with Crippen LogP contribution in [0.2, 0.25) is 0 Å². The Balaban J connectivity index is 1.15. The highest BCUT2D eigenvalue weighted by atomic mass is 16.5. The van der Waals surface area contributed by atoms with Crippen LogP contribution in [0, 0.1) is 0 Å². The number of ether oxygens (including phenoxy) is 1. The van der Waals surface area contributed by atoms with E-state index in [4.69, 9.17) is 19.7 Å². The first-order chi connectivity index (χ1) is 23.6. The van der Waals surface area contributed by atoms with Gasteiger partial charge in [-0.2, -0.15) is 15.1 Å². The summed E-state index contributed by atoms with van der Waals surface area (Å²) in [7, 11) is 0. The van der Waals surface area contributed by atoms with E-state index < -0.39 is 0 Å². The average molecular weight is 637 g/mol. The average Bonchev–Trinajstić information content (AvgIpc) is 3.82. The van der Waals surface area contributed by atoms with Crippen LogP contribution in [0.1, 0.15) is 42.4 Å². The lowest BCUT2D eigenvalue weighted by Gasteiger charge is -2.23. The molecular formula is C37H36N10O. The normalized spacial score (nSPS) is 11.2. The third kappa shape index (κ3) is 7.15. The van der Waals surface area contributed by atoms with Crippen LogP contribution in [0.15, 0.2) is 116 Å². The number of nitrogens with one attached hydrogen (secondary N) is 2. The second kappa shape index (κ2) is 14.1. The third-order valence-corrected chi connectivity index (χ3v) is 7.97. The predicted octanol–water partition coefficient (Wildman–Crippen LogP) is 6.99. The molecule has 7 rings (SSSR count). The topological polar surface area (TPSA) is 123 Å². The summed E-state index contributed by atoms with van der Waals surface area (Å²) in [5.41, 5.74) is 6.80. The second-order valence-electron chi connectivity index (χ2n) is 11.8. The Labute approximate surface area is 278 Å². The summed E-state index contributed by atoms with van der Waals surface area (Å²) in [6, 6.07) is 32.7. The minimum absolute atomic E-state index is 0.163. The molecule has 48 heavy (non-hydrogen) atoms. The lowest BCUT2D eigenvalue weighted by Crippen LogP contribution is -2.25. The van der Waals surface area contributed by atoms with E-state index in [-0.39, 0.29) is 6.04 Å². The maximum atomic E-state index is 6.02. The van der Waals surface area contributed by atoms with Crippen LogP contribution in [0.3, 0.4) is 0 Å². The number of anilines is 2. The molecule has 4 aromatic heterocycles. The predicted molar refractivity (Wildman–Crippen MR) is 186 cm³/mol. The highest BCUT2D eigenvalue weighted by Crippen LogP contribution is 2.27. The molecule has 7 aromatic rings. The zero-order chi connectivity index (χ0) is 32.7. The Morgan fingerprint density at radius 2 is 1.58 bits per heavy atom. The fourth-order valence-electron chi connectivity index (χ4n) is 5.40. The Morgan fingerprint density at radius 3 is 2.31 bits per heavy atom. The number of pyridine rings is 1. The van der Waals surface area contributed by atoms with Crippen molar-refractivity contribution >= 4 is 22.9 Å². The summed E-state index contributed by atoms with van der Waals surface area (Å²) in [5.74, 6) is 2.73. The molecule has 240 valence electrons. The van der Waals surface area contributed by atoms with Crippen LogP contribution in [0.25, 0.3) is 22.4 Å². The lowest BCUT2D eigenvalue weighted by molar-refractivity contribution is 0.306. The maximum absolute atomic E-state index is 6.02. The fraction of sp³-hybridized carbons (Fsp3) is 0.189. The van der Waals surface area contributed by atoms with Gasteiger partial charge in [-0.3, -0.25) is 10.1 Å². The summed E-state index contributed by atoms with van der Waals surface area (Å²) < 4.78 is 8.09. The summed E-state index contributed by atoms with van der Waals surface area (Å²) in [5, 5.41) is 10.6. The van der Waals surface area contributed by atoms with Gasteiger partial charge in [0.2, 0.25) is 5.95 Å². The number of hydrogen-bond acceptors (Lipinski definition) is 9. The van der Waals surface area contributed by atoms with E-state index in [0.29, 0.717) is 43.8 Å². The SMILES string of the molecule is CC(C)n1cnc2c(NCc3ccc(-c4ccccn4)cc3)nc(N(Cc3ccc(OCc4ccccc4)cc3)Cc3ncn[nH]3)nc21. The molecule has 0 aliphatic heterocycles. The van der Waals surface area contributed by atoms with Crippen molar-refractivity contribution in [1.82, 2.24) is 39.7 Å². The van der Waals surface area contributed by atoms with Gasteiger partial charge in [-0.25, -0.2) is 9.97 Å². The smallest absolute Gasteiger partial charge is 0.230 e. The Bertz CT molecular complexity index is 2040. The van der Waals surface area contributed by atoms with E-state index in [9.17, 15) is 0 Å². The van der Waals surface area contributed by atoms with Crippen LogP contribution in [-0.4, -0.2) is 39.7 Å². The van der Waals surface area contributed by atoms with Crippen molar-refractivity contribution in [2.75, 3.05) is 10.2 Å². The van der Waals surface area contributed by atoms with E-state index in [1.807, 2.05) is 54.9 Å². The number of imidazole rings is 1. The molecule has 2 N–H and O–H groups in total. The number of rotatable bonds is 13. The number of fused-ring (bicyclic) bond motifs is 1. The molecule has 0 atom stereocenters. The second-order valence-corrected chi connectivity index (χ2v) is 11.8. The van der Waals surface area contributed by atoms with Crippen LogP contribution in [0.4, 0.5) is 11.8 Å². The fourth-order valence-corrected chi connectivity index (χ4v) is 5.40. The molecule has 0 spiro atoms. The quantitative estimate of drug-likeness (QED) is 0.138. The monoisotopic (exact) mass is 636 g/mol. The van der Waals surface area contributed by atoms with Crippen molar-refractivity contribution in [3.05, 3.63) is 138 Å². The van der Waals surface area contributed by atoms with E-state index in [1.54, 1.807) is 6.20 Å². The molecule has 11 nitrogen and oxygen atoms in total. The van der Waals surface area contributed by atoms with Gasteiger partial charge in [0.05, 0.1) is 18.6 Å². The van der Waals surface area contributed by atoms with Crippen LogP contribution < -0.4 is 15.0 Å². The first-order valence-corrected chi connectivity index (χ1v) is 15.9. The van der Waals surface area contributed by atoms with Gasteiger partial charge in [-0.15, -0.1) is 0 Å². The molecule has 11 heteroatoms. The third-order valence-electron chi connectivity index (χ3n) is 7.97. The molecule has 0 unspecified atom stereocenters. The number of aromatic nitrogens is 8.